The number of rotatable bonds is 7. The first-order valence-electron chi connectivity index (χ1n) is 5.57. The van der Waals surface area contributed by atoms with Crippen LogP contribution in [-0.2, 0) is 4.74 Å². The second-order valence-electron chi connectivity index (χ2n) is 4.86. The lowest BCUT2D eigenvalue weighted by molar-refractivity contribution is -0.0644. The molecule has 0 spiro atoms. The van der Waals surface area contributed by atoms with Gasteiger partial charge in [-0.25, -0.2) is 0 Å². The third-order valence-electron chi connectivity index (χ3n) is 2.04. The summed E-state index contributed by atoms with van der Waals surface area (Å²) in [5, 5.41) is 5.70. The minimum absolute atomic E-state index is 0.0552. The molecule has 0 radical (unpaired) electrons. The van der Waals surface area contributed by atoms with Crippen LogP contribution in [0.25, 0.3) is 0 Å². The topological polar surface area (TPSA) is 50.8 Å². The first kappa shape index (κ1) is 15.1. The number of ether oxygens (including phenoxy) is 1. The maximum atomic E-state index is 5.82. The van der Waals surface area contributed by atoms with Gasteiger partial charge in [0.25, 0.3) is 0 Å². The molecule has 0 fully saturated rings. The fourth-order valence-corrected chi connectivity index (χ4v) is 1.34. The van der Waals surface area contributed by atoms with E-state index >= 15 is 0 Å². The van der Waals surface area contributed by atoms with E-state index in [4.69, 9.17) is 10.5 Å². The summed E-state index contributed by atoms with van der Waals surface area (Å²) in [4.78, 5) is 0. The standard InChI is InChI=1S/C12H25N3O/c1-10(2)7-15(14-6)8-11(3)16-12(4,5)9-13/h7,11H,6,8-9,13H2,1-5H3. The molecule has 0 heterocycles. The van der Waals surface area contributed by atoms with Gasteiger partial charge < -0.3 is 10.5 Å². The summed E-state index contributed by atoms with van der Waals surface area (Å²) in [6.07, 6.45) is 2.00. The third kappa shape index (κ3) is 6.58. The average molecular weight is 227 g/mol. The first-order chi connectivity index (χ1) is 7.30. The van der Waals surface area contributed by atoms with Crippen LogP contribution in [0.2, 0.25) is 0 Å². The Morgan fingerprint density at radius 3 is 2.50 bits per heavy atom. The smallest absolute Gasteiger partial charge is 0.0752 e. The van der Waals surface area contributed by atoms with E-state index in [-0.39, 0.29) is 11.7 Å². The number of hydrogen-bond donors (Lipinski definition) is 1. The molecule has 1 unspecified atom stereocenters. The predicted molar refractivity (Wildman–Crippen MR) is 69.4 cm³/mol. The van der Waals surface area contributed by atoms with Crippen molar-refractivity contribution in [3.05, 3.63) is 11.8 Å². The zero-order valence-corrected chi connectivity index (χ0v) is 11.2. The van der Waals surface area contributed by atoms with E-state index in [0.717, 1.165) is 0 Å². The highest BCUT2D eigenvalue weighted by Gasteiger charge is 2.20. The van der Waals surface area contributed by atoms with E-state index < -0.39 is 0 Å². The van der Waals surface area contributed by atoms with Crippen molar-refractivity contribution < 1.29 is 4.74 Å². The summed E-state index contributed by atoms with van der Waals surface area (Å²) in [5.41, 5.74) is 6.50. The van der Waals surface area contributed by atoms with Crippen molar-refractivity contribution in [3.8, 4) is 0 Å². The number of hydrogen-bond acceptors (Lipinski definition) is 4. The number of nitrogens with two attached hydrogens (primary N) is 1. The molecular formula is C12H25N3O. The lowest BCUT2D eigenvalue weighted by Crippen LogP contribution is -2.39. The Morgan fingerprint density at radius 1 is 1.56 bits per heavy atom. The van der Waals surface area contributed by atoms with Gasteiger partial charge in [0.05, 0.1) is 18.2 Å². The van der Waals surface area contributed by atoms with Crippen LogP contribution in [0.4, 0.5) is 0 Å². The minimum atomic E-state index is -0.294. The van der Waals surface area contributed by atoms with Gasteiger partial charge in [-0.2, -0.15) is 5.10 Å². The SMILES string of the molecule is C=NN(C=C(C)C)CC(C)OC(C)(C)CN. The molecule has 0 amide bonds. The Kier molecular flexibility index (Phi) is 6.29. The van der Waals surface area contributed by atoms with E-state index in [9.17, 15) is 0 Å². The molecule has 4 nitrogen and oxygen atoms in total. The zero-order valence-electron chi connectivity index (χ0n) is 11.2. The van der Waals surface area contributed by atoms with Crippen molar-refractivity contribution in [1.82, 2.24) is 5.01 Å². The second kappa shape index (κ2) is 6.66. The van der Waals surface area contributed by atoms with E-state index in [0.29, 0.717) is 13.1 Å². The monoisotopic (exact) mass is 227 g/mol. The third-order valence-corrected chi connectivity index (χ3v) is 2.04. The molecule has 0 aromatic carbocycles. The van der Waals surface area contributed by atoms with Crippen molar-refractivity contribution in [1.29, 1.82) is 0 Å². The second-order valence-corrected chi connectivity index (χ2v) is 4.86. The van der Waals surface area contributed by atoms with Gasteiger partial charge in [-0.15, -0.1) is 0 Å². The van der Waals surface area contributed by atoms with Crippen LogP contribution in [0.5, 0.6) is 0 Å². The average Bonchev–Trinajstić information content (AvgIpc) is 2.15. The summed E-state index contributed by atoms with van der Waals surface area (Å²) < 4.78 is 5.82. The molecule has 16 heavy (non-hydrogen) atoms. The molecule has 2 N–H and O–H groups in total. The van der Waals surface area contributed by atoms with Crippen molar-refractivity contribution in [2.45, 2.75) is 46.3 Å². The van der Waals surface area contributed by atoms with Crippen molar-refractivity contribution >= 4 is 6.72 Å². The molecule has 1 atom stereocenters. The Hall–Kier alpha value is -0.870. The Balaban J connectivity index is 4.26. The van der Waals surface area contributed by atoms with Gasteiger partial charge in [0, 0.05) is 19.5 Å². The Labute approximate surface area is 99.1 Å². The number of nitrogens with zero attached hydrogens (tertiary/aromatic N) is 2. The van der Waals surface area contributed by atoms with Gasteiger partial charge in [0.15, 0.2) is 0 Å². The highest BCUT2D eigenvalue weighted by molar-refractivity contribution is 5.23. The molecule has 94 valence electrons. The fraction of sp³-hybridized carbons (Fsp3) is 0.750. The van der Waals surface area contributed by atoms with E-state index in [1.807, 2.05) is 40.8 Å². The molecule has 0 rings (SSSR count). The van der Waals surface area contributed by atoms with Crippen molar-refractivity contribution in [3.63, 3.8) is 0 Å². The zero-order chi connectivity index (χ0) is 12.8. The van der Waals surface area contributed by atoms with Gasteiger partial charge in [-0.1, -0.05) is 5.57 Å². The van der Waals surface area contributed by atoms with Crippen LogP contribution >= 0.6 is 0 Å². The lowest BCUT2D eigenvalue weighted by Gasteiger charge is -2.29. The Bertz CT molecular complexity index is 245. The molecule has 0 saturated heterocycles. The molecule has 0 saturated carbocycles. The fourth-order valence-electron chi connectivity index (χ4n) is 1.34. The summed E-state index contributed by atoms with van der Waals surface area (Å²) in [7, 11) is 0. The van der Waals surface area contributed by atoms with Gasteiger partial charge in [-0.05, 0) is 34.6 Å². The highest BCUT2D eigenvalue weighted by atomic mass is 16.5. The number of allylic oxidation sites excluding steroid dienone is 1. The summed E-state index contributed by atoms with van der Waals surface area (Å²) in [6.45, 7) is 14.7. The molecule has 0 aliphatic carbocycles. The summed E-state index contributed by atoms with van der Waals surface area (Å²) in [6, 6.07) is 0. The maximum Gasteiger partial charge on any atom is 0.0752 e. The van der Waals surface area contributed by atoms with Crippen LogP contribution in [-0.4, -0.2) is 36.5 Å². The number of hydrazone groups is 1. The van der Waals surface area contributed by atoms with Crippen LogP contribution in [0, 0.1) is 0 Å². The largest absolute Gasteiger partial charge is 0.369 e. The lowest BCUT2D eigenvalue weighted by atomic mass is 10.1. The van der Waals surface area contributed by atoms with Crippen LogP contribution in [0.15, 0.2) is 16.9 Å². The molecule has 4 heteroatoms. The Morgan fingerprint density at radius 2 is 2.12 bits per heavy atom. The van der Waals surface area contributed by atoms with E-state index in [1.165, 1.54) is 5.57 Å². The molecular weight excluding hydrogens is 202 g/mol. The van der Waals surface area contributed by atoms with Gasteiger partial charge in [0.1, 0.15) is 0 Å². The normalized spacial score (nSPS) is 13.1. The van der Waals surface area contributed by atoms with Crippen LogP contribution in [0.3, 0.4) is 0 Å². The summed E-state index contributed by atoms with van der Waals surface area (Å²) >= 11 is 0. The quantitative estimate of drug-likeness (QED) is 0.534. The van der Waals surface area contributed by atoms with E-state index in [1.54, 1.807) is 5.01 Å². The maximum absolute atomic E-state index is 5.82. The van der Waals surface area contributed by atoms with Crippen molar-refractivity contribution in [2.24, 2.45) is 10.8 Å². The molecule has 0 aromatic heterocycles. The van der Waals surface area contributed by atoms with Gasteiger partial charge in [0.2, 0.25) is 0 Å². The van der Waals surface area contributed by atoms with Crippen LogP contribution in [0.1, 0.15) is 34.6 Å². The van der Waals surface area contributed by atoms with Crippen molar-refractivity contribution in [2.75, 3.05) is 13.1 Å². The molecule has 0 bridgehead atoms. The minimum Gasteiger partial charge on any atom is -0.369 e. The molecule has 0 aliphatic heterocycles. The predicted octanol–water partition coefficient (Wildman–Crippen LogP) is 1.97. The van der Waals surface area contributed by atoms with Gasteiger partial charge in [-0.3, -0.25) is 5.01 Å². The van der Waals surface area contributed by atoms with Crippen LogP contribution < -0.4 is 5.73 Å². The highest BCUT2D eigenvalue weighted by Crippen LogP contribution is 2.11. The summed E-state index contributed by atoms with van der Waals surface area (Å²) in [5.74, 6) is 0. The first-order valence-corrected chi connectivity index (χ1v) is 5.57. The van der Waals surface area contributed by atoms with E-state index in [2.05, 4.69) is 11.8 Å². The van der Waals surface area contributed by atoms with Gasteiger partial charge >= 0.3 is 0 Å². The molecule has 0 aromatic rings. The molecule has 0 aliphatic rings.